The van der Waals surface area contributed by atoms with E-state index in [1.54, 1.807) is 0 Å². The van der Waals surface area contributed by atoms with E-state index in [-0.39, 0.29) is 69.4 Å². The number of aryl methyl sites for hydroxylation is 2. The monoisotopic (exact) mass is 659 g/mol. The zero-order valence-electron chi connectivity index (χ0n) is 24.1. The van der Waals surface area contributed by atoms with Crippen LogP contribution in [0.2, 0.25) is 0 Å². The van der Waals surface area contributed by atoms with E-state index in [4.69, 9.17) is 0 Å². The van der Waals surface area contributed by atoms with Gasteiger partial charge in [0.1, 0.15) is 0 Å². The summed E-state index contributed by atoms with van der Waals surface area (Å²) in [5, 5.41) is 5.37. The third-order valence-corrected chi connectivity index (χ3v) is 5.96. The molecule has 0 saturated carbocycles. The van der Waals surface area contributed by atoms with Crippen LogP contribution in [0.4, 0.5) is 0 Å². The van der Waals surface area contributed by atoms with Crippen LogP contribution in [0, 0.1) is 21.3 Å². The van der Waals surface area contributed by atoms with Gasteiger partial charge in [-0.3, -0.25) is 0 Å². The molecule has 6 aromatic carbocycles. The molecule has 0 saturated heterocycles. The van der Waals surface area contributed by atoms with Gasteiger partial charge in [0.25, 0.3) is 0 Å². The van der Waals surface area contributed by atoms with E-state index in [2.05, 4.69) is 149 Å². The minimum atomic E-state index is 0. The standard InChI is InChI=1S/2C16H13.C3H8.CH3.2ClH.Si.Zr/c2*1-12-10-14-8-5-9-15(16(14)11-12)13-6-3-2-4-7-13;1-3-2;;;;;/h2*2-11H,1H3;3H2,1-2H3;1H3;2*1H;;/q2*-1;;-1;;;;+3. The number of hydrogen-bond acceptors (Lipinski definition) is 0. The zero-order valence-corrected chi connectivity index (χ0v) is 29.2. The first-order valence-corrected chi connectivity index (χ1v) is 12.5. The topological polar surface area (TPSA) is 0 Å². The maximum Gasteiger partial charge on any atom is 3.00 e. The third-order valence-electron chi connectivity index (χ3n) is 5.96. The van der Waals surface area contributed by atoms with Crippen molar-refractivity contribution in [3.63, 3.8) is 0 Å². The molecule has 0 nitrogen and oxygen atoms in total. The summed E-state index contributed by atoms with van der Waals surface area (Å²) in [6.07, 6.45) is 1.25. The average molecular weight is 662 g/mol. The molecule has 0 aliphatic carbocycles. The molecule has 0 amide bonds. The van der Waals surface area contributed by atoms with E-state index >= 15 is 0 Å². The first-order valence-electron chi connectivity index (χ1n) is 12.5. The Bertz CT molecular complexity index is 1390. The van der Waals surface area contributed by atoms with Gasteiger partial charge in [-0.15, -0.1) is 93.9 Å². The first kappa shape index (κ1) is 39.9. The molecule has 6 aromatic rings. The Hall–Kier alpha value is -2.22. The van der Waals surface area contributed by atoms with Gasteiger partial charge in [-0.1, -0.05) is 118 Å². The Labute approximate surface area is 277 Å². The van der Waals surface area contributed by atoms with Crippen molar-refractivity contribution in [1.29, 1.82) is 0 Å². The van der Waals surface area contributed by atoms with E-state index in [0.717, 1.165) is 0 Å². The summed E-state index contributed by atoms with van der Waals surface area (Å²) >= 11 is 0. The predicted octanol–water partition coefficient (Wildman–Crippen LogP) is 11.4. The maximum absolute atomic E-state index is 2.26. The predicted molar refractivity (Wildman–Crippen MR) is 182 cm³/mol. The zero-order chi connectivity index (χ0) is 24.6. The molecular formula is C36H39Cl2SiZr. The molecule has 0 aliphatic rings. The van der Waals surface area contributed by atoms with E-state index in [0.29, 0.717) is 0 Å². The quantitative estimate of drug-likeness (QED) is 0.128. The van der Waals surface area contributed by atoms with Crippen LogP contribution in [0.25, 0.3) is 43.8 Å². The van der Waals surface area contributed by atoms with Crippen molar-refractivity contribution >= 4 is 57.3 Å². The Morgan fingerprint density at radius 3 is 1.18 bits per heavy atom. The summed E-state index contributed by atoms with van der Waals surface area (Å²) in [6.45, 7) is 8.55. The Morgan fingerprint density at radius 2 is 0.850 bits per heavy atom. The first-order chi connectivity index (χ1) is 17.1. The fraction of sp³-hybridized carbons (Fsp3) is 0.139. The molecule has 0 fully saturated rings. The molecule has 0 heterocycles. The van der Waals surface area contributed by atoms with Gasteiger partial charge in [0.2, 0.25) is 0 Å². The Balaban J connectivity index is 0. The second kappa shape index (κ2) is 19.8. The summed E-state index contributed by atoms with van der Waals surface area (Å²) in [7, 11) is 0. The van der Waals surface area contributed by atoms with Gasteiger partial charge < -0.3 is 7.43 Å². The number of rotatable bonds is 2. The summed E-state index contributed by atoms with van der Waals surface area (Å²) in [5.41, 5.74) is 7.89. The maximum atomic E-state index is 2.26. The minimum Gasteiger partial charge on any atom is -0.358 e. The molecule has 0 bridgehead atoms. The van der Waals surface area contributed by atoms with Crippen LogP contribution in [-0.4, -0.2) is 11.0 Å². The summed E-state index contributed by atoms with van der Waals surface area (Å²) in [4.78, 5) is 0. The molecule has 0 spiro atoms. The SMILES string of the molecule is CCC.Cc1cc2c(-c3ccccc3)cccc2[cH-]1.Cc1cc2c(-c3ccccc3)cccc2[cH-]1.Cl.Cl.[CH3-].[Si].[Zr+3]. The molecule has 6 rings (SSSR count). The van der Waals surface area contributed by atoms with Crippen molar-refractivity contribution < 1.29 is 26.2 Å². The largest absolute Gasteiger partial charge is 3.00 e. The molecule has 0 aliphatic heterocycles. The average Bonchev–Trinajstić information content (AvgIpc) is 3.46. The van der Waals surface area contributed by atoms with Crippen molar-refractivity contribution in [1.82, 2.24) is 0 Å². The molecule has 0 aromatic heterocycles. The second-order valence-electron chi connectivity index (χ2n) is 9.12. The van der Waals surface area contributed by atoms with Gasteiger partial charge in [0.05, 0.1) is 0 Å². The number of halogens is 2. The van der Waals surface area contributed by atoms with E-state index < -0.39 is 0 Å². The number of fused-ring (bicyclic) bond motifs is 2. The summed E-state index contributed by atoms with van der Waals surface area (Å²) in [5.74, 6) is 0. The molecule has 0 N–H and O–H groups in total. The van der Waals surface area contributed by atoms with Gasteiger partial charge in [0.15, 0.2) is 0 Å². The molecule has 0 atom stereocenters. The molecule has 40 heavy (non-hydrogen) atoms. The van der Waals surface area contributed by atoms with E-state index in [1.807, 2.05) is 0 Å². The van der Waals surface area contributed by atoms with Crippen molar-refractivity contribution in [2.24, 2.45) is 0 Å². The number of hydrogen-bond donors (Lipinski definition) is 0. The number of benzene rings is 4. The Kier molecular flexibility index (Phi) is 19.7. The Morgan fingerprint density at radius 1 is 0.525 bits per heavy atom. The van der Waals surface area contributed by atoms with Crippen molar-refractivity contribution in [3.8, 4) is 22.3 Å². The third kappa shape index (κ3) is 10.0. The van der Waals surface area contributed by atoms with Gasteiger partial charge in [0, 0.05) is 11.0 Å². The van der Waals surface area contributed by atoms with Crippen LogP contribution in [0.1, 0.15) is 31.4 Å². The van der Waals surface area contributed by atoms with Gasteiger partial charge >= 0.3 is 26.2 Å². The van der Waals surface area contributed by atoms with Crippen LogP contribution in [0.3, 0.4) is 0 Å². The van der Waals surface area contributed by atoms with Crippen molar-refractivity contribution in [2.75, 3.05) is 0 Å². The van der Waals surface area contributed by atoms with Crippen LogP contribution in [0.15, 0.2) is 121 Å². The summed E-state index contributed by atoms with van der Waals surface area (Å²) < 4.78 is 0. The van der Waals surface area contributed by atoms with Gasteiger partial charge in [-0.25, -0.2) is 0 Å². The normalized spacial score (nSPS) is 9.10. The molecule has 205 valence electrons. The fourth-order valence-electron chi connectivity index (χ4n) is 4.51. The van der Waals surface area contributed by atoms with Crippen molar-refractivity contribution in [2.45, 2.75) is 34.1 Å². The van der Waals surface area contributed by atoms with Crippen LogP contribution in [0.5, 0.6) is 0 Å². The van der Waals surface area contributed by atoms with Crippen molar-refractivity contribution in [3.05, 3.63) is 140 Å². The van der Waals surface area contributed by atoms with E-state index in [1.165, 1.54) is 61.3 Å². The van der Waals surface area contributed by atoms with Crippen LogP contribution < -0.4 is 0 Å². The minimum absolute atomic E-state index is 0. The van der Waals surface area contributed by atoms with Gasteiger partial charge in [-0.2, -0.15) is 12.1 Å². The van der Waals surface area contributed by atoms with Crippen LogP contribution >= 0.6 is 24.8 Å². The molecule has 0 unspecified atom stereocenters. The molecule has 5 radical (unpaired) electrons. The molecule has 4 heteroatoms. The van der Waals surface area contributed by atoms with Gasteiger partial charge in [-0.05, 0) is 11.1 Å². The summed E-state index contributed by atoms with van der Waals surface area (Å²) in [6, 6.07) is 43.1. The molecular weight excluding hydrogens is 623 g/mol. The fourth-order valence-corrected chi connectivity index (χ4v) is 4.51. The second-order valence-corrected chi connectivity index (χ2v) is 9.12. The van der Waals surface area contributed by atoms with Crippen LogP contribution in [-0.2, 0) is 26.2 Å². The van der Waals surface area contributed by atoms with E-state index in [9.17, 15) is 0 Å². The smallest absolute Gasteiger partial charge is 0.358 e.